The average molecular weight is 303 g/mol. The maximum atomic E-state index is 12.5. The summed E-state index contributed by atoms with van der Waals surface area (Å²) in [6.07, 6.45) is 1.65. The van der Waals surface area contributed by atoms with E-state index in [1.165, 1.54) is 10.4 Å². The Bertz CT molecular complexity index is 649. The summed E-state index contributed by atoms with van der Waals surface area (Å²) < 4.78 is 0. The van der Waals surface area contributed by atoms with Gasteiger partial charge in [0.25, 0.3) is 5.91 Å². The Hall–Kier alpha value is -1.75. The lowest BCUT2D eigenvalue weighted by Crippen LogP contribution is -2.27. The second kappa shape index (κ2) is 6.35. The van der Waals surface area contributed by atoms with Crippen molar-refractivity contribution in [2.75, 3.05) is 7.05 Å². The lowest BCUT2D eigenvalue weighted by molar-refractivity contribution is 0.0784. The van der Waals surface area contributed by atoms with Gasteiger partial charge in [-0.15, -0.1) is 11.3 Å². The molecule has 2 rings (SSSR count). The minimum absolute atomic E-state index is 0.0318. The SMILES string of the molecule is Cc1ccsc1CN(C)C(=O)c1cnc(C(C)C)nc1C. The molecule has 0 aliphatic carbocycles. The standard InChI is InChI=1S/C16H21N3OS/c1-10(2)15-17-8-13(12(4)18-15)16(20)19(5)9-14-11(3)6-7-21-14/h6-8,10H,9H2,1-5H3. The number of carbonyl (C=O) groups excluding carboxylic acids is 1. The summed E-state index contributed by atoms with van der Waals surface area (Å²) in [4.78, 5) is 24.2. The van der Waals surface area contributed by atoms with Crippen LogP contribution in [0.5, 0.6) is 0 Å². The fraction of sp³-hybridized carbons (Fsp3) is 0.438. The van der Waals surface area contributed by atoms with Gasteiger partial charge in [0, 0.05) is 24.0 Å². The Morgan fingerprint density at radius 2 is 2.10 bits per heavy atom. The van der Waals surface area contributed by atoms with E-state index in [1.807, 2.05) is 27.8 Å². The number of hydrogen-bond acceptors (Lipinski definition) is 4. The number of aryl methyl sites for hydroxylation is 2. The molecule has 0 N–H and O–H groups in total. The highest BCUT2D eigenvalue weighted by Gasteiger charge is 2.18. The van der Waals surface area contributed by atoms with Crippen LogP contribution < -0.4 is 0 Å². The molecule has 4 nitrogen and oxygen atoms in total. The van der Waals surface area contributed by atoms with Crippen LogP contribution in [0.25, 0.3) is 0 Å². The third-order valence-electron chi connectivity index (χ3n) is 3.44. The lowest BCUT2D eigenvalue weighted by Gasteiger charge is -2.18. The molecule has 2 heterocycles. The van der Waals surface area contributed by atoms with Crippen molar-refractivity contribution in [1.29, 1.82) is 0 Å². The van der Waals surface area contributed by atoms with Gasteiger partial charge in [0.15, 0.2) is 0 Å². The van der Waals surface area contributed by atoms with Crippen molar-refractivity contribution < 1.29 is 4.79 Å². The van der Waals surface area contributed by atoms with Crippen LogP contribution in [0, 0.1) is 13.8 Å². The molecule has 0 radical (unpaired) electrons. The fourth-order valence-corrected chi connectivity index (χ4v) is 2.99. The highest BCUT2D eigenvalue weighted by Crippen LogP contribution is 2.19. The second-order valence-corrected chi connectivity index (χ2v) is 6.57. The first kappa shape index (κ1) is 15.6. The molecule has 0 aliphatic rings. The van der Waals surface area contributed by atoms with Crippen LogP contribution in [0.1, 0.15) is 52.1 Å². The number of carbonyl (C=O) groups is 1. The Kier molecular flexibility index (Phi) is 4.73. The van der Waals surface area contributed by atoms with Gasteiger partial charge in [-0.05, 0) is 30.9 Å². The van der Waals surface area contributed by atoms with E-state index >= 15 is 0 Å². The van der Waals surface area contributed by atoms with Crippen LogP contribution in [-0.4, -0.2) is 27.8 Å². The van der Waals surface area contributed by atoms with Crippen molar-refractivity contribution in [2.45, 2.75) is 40.2 Å². The van der Waals surface area contributed by atoms with Crippen molar-refractivity contribution in [2.24, 2.45) is 0 Å². The number of amides is 1. The molecule has 2 aromatic rings. The first-order valence-corrected chi connectivity index (χ1v) is 7.90. The van der Waals surface area contributed by atoms with Gasteiger partial charge in [0.2, 0.25) is 0 Å². The number of aromatic nitrogens is 2. The zero-order valence-electron chi connectivity index (χ0n) is 13.2. The fourth-order valence-electron chi connectivity index (χ4n) is 2.03. The topological polar surface area (TPSA) is 46.1 Å². The van der Waals surface area contributed by atoms with Crippen LogP contribution in [0.4, 0.5) is 0 Å². The molecule has 0 bridgehead atoms. The van der Waals surface area contributed by atoms with Crippen LogP contribution in [0.3, 0.4) is 0 Å². The molecule has 21 heavy (non-hydrogen) atoms. The third kappa shape index (κ3) is 3.47. The van der Waals surface area contributed by atoms with E-state index in [0.717, 1.165) is 11.5 Å². The highest BCUT2D eigenvalue weighted by atomic mass is 32.1. The predicted octanol–water partition coefficient (Wildman–Crippen LogP) is 3.55. The molecule has 0 unspecified atom stereocenters. The molecule has 0 aromatic carbocycles. The maximum Gasteiger partial charge on any atom is 0.257 e. The summed E-state index contributed by atoms with van der Waals surface area (Å²) in [6.45, 7) is 8.64. The molecule has 1 amide bonds. The van der Waals surface area contributed by atoms with Crippen molar-refractivity contribution in [1.82, 2.24) is 14.9 Å². The molecule has 5 heteroatoms. The number of hydrogen-bond donors (Lipinski definition) is 0. The maximum absolute atomic E-state index is 12.5. The molecule has 0 fully saturated rings. The van der Waals surface area contributed by atoms with Crippen molar-refractivity contribution in [3.63, 3.8) is 0 Å². The van der Waals surface area contributed by atoms with Crippen molar-refractivity contribution in [3.05, 3.63) is 45.2 Å². The minimum atomic E-state index is -0.0318. The van der Waals surface area contributed by atoms with E-state index in [1.54, 1.807) is 22.4 Å². The van der Waals surface area contributed by atoms with Crippen LogP contribution in [-0.2, 0) is 6.54 Å². The Balaban J connectivity index is 2.18. The zero-order valence-corrected chi connectivity index (χ0v) is 14.0. The Morgan fingerprint density at radius 3 is 2.62 bits per heavy atom. The monoisotopic (exact) mass is 303 g/mol. The van der Waals surface area contributed by atoms with E-state index in [2.05, 4.69) is 28.3 Å². The van der Waals surface area contributed by atoms with Crippen molar-refractivity contribution in [3.8, 4) is 0 Å². The quantitative estimate of drug-likeness (QED) is 0.867. The summed E-state index contributed by atoms with van der Waals surface area (Å²) in [7, 11) is 1.82. The van der Waals surface area contributed by atoms with E-state index in [-0.39, 0.29) is 11.8 Å². The van der Waals surface area contributed by atoms with E-state index in [4.69, 9.17) is 0 Å². The molecular formula is C16H21N3OS. The third-order valence-corrected chi connectivity index (χ3v) is 4.45. The van der Waals surface area contributed by atoms with Gasteiger partial charge >= 0.3 is 0 Å². The summed E-state index contributed by atoms with van der Waals surface area (Å²) in [5.74, 6) is 1.01. The van der Waals surface area contributed by atoms with Gasteiger partial charge in [-0.1, -0.05) is 13.8 Å². The smallest absolute Gasteiger partial charge is 0.257 e. The van der Waals surface area contributed by atoms with E-state index in [9.17, 15) is 4.79 Å². The van der Waals surface area contributed by atoms with Gasteiger partial charge < -0.3 is 4.90 Å². The second-order valence-electron chi connectivity index (χ2n) is 5.57. The summed E-state index contributed by atoms with van der Waals surface area (Å²) >= 11 is 1.68. The minimum Gasteiger partial charge on any atom is -0.336 e. The molecule has 0 spiro atoms. The van der Waals surface area contributed by atoms with Gasteiger partial charge in [-0.3, -0.25) is 4.79 Å². The van der Waals surface area contributed by atoms with Gasteiger partial charge in [0.1, 0.15) is 5.82 Å². The largest absolute Gasteiger partial charge is 0.336 e. The molecule has 0 saturated heterocycles. The number of rotatable bonds is 4. The normalized spacial score (nSPS) is 11.0. The average Bonchev–Trinajstić information content (AvgIpc) is 2.83. The van der Waals surface area contributed by atoms with Gasteiger partial charge in [-0.25, -0.2) is 9.97 Å². The molecular weight excluding hydrogens is 282 g/mol. The van der Waals surface area contributed by atoms with Crippen LogP contribution >= 0.6 is 11.3 Å². The highest BCUT2D eigenvalue weighted by molar-refractivity contribution is 7.10. The van der Waals surface area contributed by atoms with Crippen LogP contribution in [0.2, 0.25) is 0 Å². The van der Waals surface area contributed by atoms with E-state index < -0.39 is 0 Å². The number of thiophene rings is 1. The van der Waals surface area contributed by atoms with Gasteiger partial charge in [0.05, 0.1) is 17.8 Å². The summed E-state index contributed by atoms with van der Waals surface area (Å²) in [5.41, 5.74) is 2.55. The molecule has 2 aromatic heterocycles. The van der Waals surface area contributed by atoms with Crippen LogP contribution in [0.15, 0.2) is 17.6 Å². The van der Waals surface area contributed by atoms with E-state index in [0.29, 0.717) is 12.1 Å². The first-order valence-electron chi connectivity index (χ1n) is 7.02. The predicted molar refractivity (Wildman–Crippen MR) is 85.7 cm³/mol. The number of nitrogens with zero attached hydrogens (tertiary/aromatic N) is 3. The Morgan fingerprint density at radius 1 is 1.38 bits per heavy atom. The van der Waals surface area contributed by atoms with Crippen molar-refractivity contribution >= 4 is 17.2 Å². The summed E-state index contributed by atoms with van der Waals surface area (Å²) in [6, 6.07) is 2.07. The molecule has 0 atom stereocenters. The molecule has 112 valence electrons. The first-order chi connectivity index (χ1) is 9.90. The Labute approximate surface area is 129 Å². The lowest BCUT2D eigenvalue weighted by atomic mass is 10.1. The van der Waals surface area contributed by atoms with Gasteiger partial charge in [-0.2, -0.15) is 0 Å². The summed E-state index contributed by atoms with van der Waals surface area (Å²) in [5, 5.41) is 2.05. The zero-order chi connectivity index (χ0) is 15.6. The molecule has 0 saturated carbocycles. The molecule has 0 aliphatic heterocycles.